The lowest BCUT2D eigenvalue weighted by atomic mass is 10.2. The molecular weight excluding hydrogens is 196 g/mol. The Morgan fingerprint density at radius 2 is 2.23 bits per heavy atom. The Hall–Kier alpha value is -1.08. The molecule has 0 aromatic carbocycles. The SMILES string of the molecule is CC1=NC(=O)C(CS(=O)(=O)O)C=N1. The fourth-order valence-corrected chi connectivity index (χ4v) is 1.56. The van der Waals surface area contributed by atoms with Crippen LogP contribution in [0.3, 0.4) is 0 Å². The van der Waals surface area contributed by atoms with E-state index in [1.807, 2.05) is 0 Å². The standard InChI is InChI=1S/C6H8N2O4S/c1-4-7-2-5(6(9)8-4)3-13(10,11)12/h2,5H,3H2,1H3,(H,10,11,12). The van der Waals surface area contributed by atoms with Crippen LogP contribution in [-0.4, -0.2) is 36.7 Å². The minimum absolute atomic E-state index is 0.289. The summed E-state index contributed by atoms with van der Waals surface area (Å²) in [5, 5.41) is 0. The zero-order chi connectivity index (χ0) is 10.1. The van der Waals surface area contributed by atoms with Gasteiger partial charge < -0.3 is 0 Å². The van der Waals surface area contributed by atoms with Gasteiger partial charge in [0, 0.05) is 6.21 Å². The van der Waals surface area contributed by atoms with E-state index in [0.29, 0.717) is 0 Å². The number of carbonyl (C=O) groups excluding carboxylic acids is 1. The third kappa shape index (κ3) is 3.03. The molecule has 1 aliphatic rings. The van der Waals surface area contributed by atoms with Crippen LogP contribution >= 0.6 is 0 Å². The molecule has 72 valence electrons. The Labute approximate surface area is 75.1 Å². The molecule has 0 bridgehead atoms. The summed E-state index contributed by atoms with van der Waals surface area (Å²) in [4.78, 5) is 18.2. The Morgan fingerprint density at radius 3 is 2.69 bits per heavy atom. The van der Waals surface area contributed by atoms with Crippen LogP contribution in [0, 0.1) is 5.92 Å². The molecule has 1 amide bonds. The Balaban J connectivity index is 2.77. The quantitative estimate of drug-likeness (QED) is 0.614. The average Bonchev–Trinajstić information content (AvgIpc) is 1.93. The number of carbonyl (C=O) groups is 1. The number of amidine groups is 1. The summed E-state index contributed by atoms with van der Waals surface area (Å²) < 4.78 is 29.3. The molecule has 1 rings (SSSR count). The molecule has 0 aromatic rings. The highest BCUT2D eigenvalue weighted by atomic mass is 32.2. The van der Waals surface area contributed by atoms with E-state index >= 15 is 0 Å². The van der Waals surface area contributed by atoms with E-state index in [-0.39, 0.29) is 5.84 Å². The van der Waals surface area contributed by atoms with Gasteiger partial charge in [0.2, 0.25) is 0 Å². The van der Waals surface area contributed by atoms with Crippen LogP contribution < -0.4 is 0 Å². The van der Waals surface area contributed by atoms with Gasteiger partial charge in [0.15, 0.2) is 0 Å². The first-order chi connectivity index (χ1) is 5.88. The molecule has 0 saturated heterocycles. The topological polar surface area (TPSA) is 96.2 Å². The van der Waals surface area contributed by atoms with Crippen molar-refractivity contribution >= 4 is 28.1 Å². The second kappa shape index (κ2) is 3.35. The first-order valence-corrected chi connectivity index (χ1v) is 5.08. The van der Waals surface area contributed by atoms with E-state index in [9.17, 15) is 13.2 Å². The van der Waals surface area contributed by atoms with Gasteiger partial charge in [0.1, 0.15) is 5.84 Å². The Bertz CT molecular complexity index is 381. The molecule has 7 heteroatoms. The molecule has 0 fully saturated rings. The summed E-state index contributed by atoms with van der Waals surface area (Å²) in [7, 11) is -4.16. The van der Waals surface area contributed by atoms with Crippen LogP contribution in [0.4, 0.5) is 0 Å². The summed E-state index contributed by atoms with van der Waals surface area (Å²) in [6.07, 6.45) is 1.18. The first kappa shape index (κ1) is 10.0. The van der Waals surface area contributed by atoms with E-state index in [0.717, 1.165) is 0 Å². The van der Waals surface area contributed by atoms with Gasteiger partial charge in [0.25, 0.3) is 16.0 Å². The maximum Gasteiger partial charge on any atom is 0.266 e. The lowest BCUT2D eigenvalue weighted by Crippen LogP contribution is -2.27. The van der Waals surface area contributed by atoms with Crippen LogP contribution in [0.15, 0.2) is 9.98 Å². The van der Waals surface area contributed by atoms with Gasteiger partial charge in [-0.15, -0.1) is 0 Å². The minimum Gasteiger partial charge on any atom is -0.286 e. The van der Waals surface area contributed by atoms with Crippen molar-refractivity contribution in [1.29, 1.82) is 0 Å². The zero-order valence-corrected chi connectivity index (χ0v) is 7.65. The van der Waals surface area contributed by atoms with E-state index in [1.54, 1.807) is 0 Å². The number of hydrogen-bond acceptors (Lipinski definition) is 4. The predicted octanol–water partition coefficient (Wildman–Crippen LogP) is -0.480. The molecule has 0 saturated carbocycles. The second-order valence-electron chi connectivity index (χ2n) is 2.63. The van der Waals surface area contributed by atoms with E-state index in [1.165, 1.54) is 13.1 Å². The van der Waals surface area contributed by atoms with Crippen LogP contribution in [0.1, 0.15) is 6.92 Å². The average molecular weight is 204 g/mol. The number of hydrogen-bond donors (Lipinski definition) is 1. The first-order valence-electron chi connectivity index (χ1n) is 3.47. The number of amides is 1. The number of nitrogens with zero attached hydrogens (tertiary/aromatic N) is 2. The van der Waals surface area contributed by atoms with Crippen LogP contribution in [0.2, 0.25) is 0 Å². The number of aliphatic imine (C=N–C) groups is 2. The maximum absolute atomic E-state index is 11.0. The summed E-state index contributed by atoms with van der Waals surface area (Å²) in [6.45, 7) is 1.53. The van der Waals surface area contributed by atoms with Gasteiger partial charge in [0.05, 0.1) is 11.7 Å². The number of rotatable bonds is 2. The minimum atomic E-state index is -4.16. The zero-order valence-electron chi connectivity index (χ0n) is 6.84. The molecule has 1 heterocycles. The van der Waals surface area contributed by atoms with Gasteiger partial charge >= 0.3 is 0 Å². The highest BCUT2D eigenvalue weighted by Crippen LogP contribution is 2.06. The molecule has 6 nitrogen and oxygen atoms in total. The third-order valence-electron chi connectivity index (χ3n) is 1.42. The lowest BCUT2D eigenvalue weighted by molar-refractivity contribution is -0.119. The third-order valence-corrected chi connectivity index (χ3v) is 2.20. The van der Waals surface area contributed by atoms with Crippen molar-refractivity contribution in [2.45, 2.75) is 6.92 Å². The second-order valence-corrected chi connectivity index (χ2v) is 4.13. The largest absolute Gasteiger partial charge is 0.286 e. The van der Waals surface area contributed by atoms with Gasteiger partial charge in [-0.2, -0.15) is 13.4 Å². The molecule has 0 aliphatic carbocycles. The predicted molar refractivity (Wildman–Crippen MR) is 46.5 cm³/mol. The van der Waals surface area contributed by atoms with Crippen LogP contribution in [0.5, 0.6) is 0 Å². The maximum atomic E-state index is 11.0. The van der Waals surface area contributed by atoms with Crippen LogP contribution in [-0.2, 0) is 14.9 Å². The fraction of sp³-hybridized carbons (Fsp3) is 0.500. The van der Waals surface area contributed by atoms with Crippen molar-refractivity contribution in [2.24, 2.45) is 15.9 Å². The molecule has 1 N–H and O–H groups in total. The Kier molecular flexibility index (Phi) is 2.58. The van der Waals surface area contributed by atoms with E-state index in [2.05, 4.69) is 9.98 Å². The van der Waals surface area contributed by atoms with Crippen molar-refractivity contribution in [1.82, 2.24) is 0 Å². The highest BCUT2D eigenvalue weighted by Gasteiger charge is 2.24. The van der Waals surface area contributed by atoms with Gasteiger partial charge in [-0.3, -0.25) is 9.35 Å². The van der Waals surface area contributed by atoms with Gasteiger partial charge in [-0.1, -0.05) is 0 Å². The summed E-state index contributed by atoms with van der Waals surface area (Å²) in [6, 6.07) is 0. The molecule has 0 aromatic heterocycles. The molecule has 13 heavy (non-hydrogen) atoms. The Morgan fingerprint density at radius 1 is 1.62 bits per heavy atom. The van der Waals surface area contributed by atoms with Gasteiger partial charge in [-0.05, 0) is 6.92 Å². The van der Waals surface area contributed by atoms with Crippen molar-refractivity contribution in [3.63, 3.8) is 0 Å². The summed E-state index contributed by atoms with van der Waals surface area (Å²) in [5.74, 6) is -1.92. The van der Waals surface area contributed by atoms with Crippen molar-refractivity contribution in [3.8, 4) is 0 Å². The van der Waals surface area contributed by atoms with Crippen LogP contribution in [0.25, 0.3) is 0 Å². The fourth-order valence-electron chi connectivity index (χ4n) is 0.874. The monoisotopic (exact) mass is 204 g/mol. The lowest BCUT2D eigenvalue weighted by Gasteiger charge is -2.09. The molecule has 0 radical (unpaired) electrons. The summed E-state index contributed by atoms with van der Waals surface area (Å²) >= 11 is 0. The van der Waals surface area contributed by atoms with Crippen molar-refractivity contribution < 1.29 is 17.8 Å². The molecular formula is C6H8N2O4S. The smallest absolute Gasteiger partial charge is 0.266 e. The normalized spacial score (nSPS) is 23.1. The van der Waals surface area contributed by atoms with Crippen molar-refractivity contribution in [3.05, 3.63) is 0 Å². The van der Waals surface area contributed by atoms with Crippen molar-refractivity contribution in [2.75, 3.05) is 5.75 Å². The summed E-state index contributed by atoms with van der Waals surface area (Å²) in [5.41, 5.74) is 0. The van der Waals surface area contributed by atoms with E-state index < -0.39 is 27.7 Å². The highest BCUT2D eigenvalue weighted by molar-refractivity contribution is 7.85. The molecule has 1 atom stereocenters. The van der Waals surface area contributed by atoms with E-state index in [4.69, 9.17) is 4.55 Å². The molecule has 1 unspecified atom stereocenters. The van der Waals surface area contributed by atoms with Gasteiger partial charge in [-0.25, -0.2) is 4.99 Å². The molecule has 1 aliphatic heterocycles. The molecule has 0 spiro atoms.